The van der Waals surface area contributed by atoms with E-state index >= 15 is 0 Å². The van der Waals surface area contributed by atoms with Gasteiger partial charge in [0.1, 0.15) is 11.5 Å². The first kappa shape index (κ1) is 15.4. The number of nitrogens with zero attached hydrogens (tertiary/aromatic N) is 1. The van der Waals surface area contributed by atoms with E-state index in [4.69, 9.17) is 14.2 Å². The van der Waals surface area contributed by atoms with Crippen molar-refractivity contribution in [2.24, 2.45) is 0 Å². The van der Waals surface area contributed by atoms with Crippen LogP contribution >= 0.6 is 0 Å². The highest BCUT2D eigenvalue weighted by atomic mass is 16.5. The topological polar surface area (TPSA) is 60.0 Å². The Bertz CT molecular complexity index is 473. The van der Waals surface area contributed by atoms with E-state index in [1.54, 1.807) is 0 Å². The average molecular weight is 294 g/mol. The van der Waals surface area contributed by atoms with Crippen LogP contribution in [0.4, 0.5) is 11.4 Å². The number of benzene rings is 1. The molecule has 21 heavy (non-hydrogen) atoms. The van der Waals surface area contributed by atoms with E-state index in [-0.39, 0.29) is 0 Å². The van der Waals surface area contributed by atoms with Crippen LogP contribution in [-0.4, -0.2) is 45.9 Å². The fraction of sp³-hybridized carbons (Fsp3) is 0.533. The second-order valence-electron chi connectivity index (χ2n) is 4.54. The summed E-state index contributed by atoms with van der Waals surface area (Å²) in [5.74, 6) is 1.39. The first-order chi connectivity index (χ1) is 10.3. The minimum atomic E-state index is 0.532. The van der Waals surface area contributed by atoms with E-state index in [1.807, 2.05) is 26.0 Å². The van der Waals surface area contributed by atoms with E-state index < -0.39 is 0 Å². The third-order valence-electron chi connectivity index (χ3n) is 3.23. The van der Waals surface area contributed by atoms with Crippen molar-refractivity contribution in [3.63, 3.8) is 0 Å². The van der Waals surface area contributed by atoms with Crippen molar-refractivity contribution < 1.29 is 19.0 Å². The highest BCUT2D eigenvalue weighted by molar-refractivity contribution is 5.80. The molecule has 1 heterocycles. The van der Waals surface area contributed by atoms with Gasteiger partial charge in [0.2, 0.25) is 6.41 Å². The van der Waals surface area contributed by atoms with Crippen LogP contribution in [0.25, 0.3) is 0 Å². The summed E-state index contributed by atoms with van der Waals surface area (Å²) >= 11 is 0. The van der Waals surface area contributed by atoms with Crippen molar-refractivity contribution in [2.45, 2.75) is 13.8 Å². The first-order valence-electron chi connectivity index (χ1n) is 7.26. The van der Waals surface area contributed by atoms with Gasteiger partial charge in [-0.25, -0.2) is 0 Å². The summed E-state index contributed by atoms with van der Waals surface area (Å²) in [6.07, 6.45) is 0.641. The molecular formula is C15H22N2O4. The lowest BCUT2D eigenvalue weighted by Crippen LogP contribution is -2.36. The third kappa shape index (κ3) is 3.78. The van der Waals surface area contributed by atoms with Gasteiger partial charge in [-0.15, -0.1) is 0 Å². The van der Waals surface area contributed by atoms with Crippen LogP contribution in [0.15, 0.2) is 12.1 Å². The molecule has 0 unspecified atom stereocenters. The summed E-state index contributed by atoms with van der Waals surface area (Å²) in [6, 6.07) is 3.74. The van der Waals surface area contributed by atoms with Gasteiger partial charge in [-0.05, 0) is 13.8 Å². The van der Waals surface area contributed by atoms with Gasteiger partial charge in [0.25, 0.3) is 0 Å². The number of hydrogen-bond donors (Lipinski definition) is 1. The maximum atomic E-state index is 10.8. The van der Waals surface area contributed by atoms with Crippen LogP contribution in [0, 0.1) is 0 Å². The Hall–Kier alpha value is -1.95. The maximum Gasteiger partial charge on any atom is 0.211 e. The molecule has 0 atom stereocenters. The zero-order chi connectivity index (χ0) is 15.1. The standard InChI is InChI=1S/C15H22N2O4/c1-3-20-14-10-13(17-5-7-19-8-6-17)15(21-4-2)9-12(14)16-11-18/h9-11H,3-8H2,1-2H3,(H,16,18). The highest BCUT2D eigenvalue weighted by Crippen LogP contribution is 2.39. The van der Waals surface area contributed by atoms with Gasteiger partial charge in [-0.2, -0.15) is 0 Å². The predicted octanol–water partition coefficient (Wildman–Crippen LogP) is 1.89. The molecule has 6 heteroatoms. The fourth-order valence-electron chi connectivity index (χ4n) is 2.32. The average Bonchev–Trinajstić information content (AvgIpc) is 2.51. The summed E-state index contributed by atoms with van der Waals surface area (Å²) in [4.78, 5) is 13.0. The molecule has 1 aromatic rings. The summed E-state index contributed by atoms with van der Waals surface area (Å²) in [7, 11) is 0. The number of carbonyl (C=O) groups excluding carboxylic acids is 1. The number of nitrogens with one attached hydrogen (secondary N) is 1. The van der Waals surface area contributed by atoms with E-state index in [1.165, 1.54) is 0 Å². The van der Waals surface area contributed by atoms with Crippen molar-refractivity contribution >= 4 is 17.8 Å². The summed E-state index contributed by atoms with van der Waals surface area (Å²) in [5, 5.41) is 2.66. The fourth-order valence-corrected chi connectivity index (χ4v) is 2.32. The molecule has 1 N–H and O–H groups in total. The Balaban J connectivity index is 2.38. The van der Waals surface area contributed by atoms with E-state index in [2.05, 4.69) is 10.2 Å². The molecule has 0 aliphatic carbocycles. The number of anilines is 2. The van der Waals surface area contributed by atoms with E-state index in [0.29, 0.717) is 44.3 Å². The van der Waals surface area contributed by atoms with E-state index in [9.17, 15) is 4.79 Å². The van der Waals surface area contributed by atoms with Gasteiger partial charge >= 0.3 is 0 Å². The molecule has 1 amide bonds. The van der Waals surface area contributed by atoms with Gasteiger partial charge in [-0.1, -0.05) is 0 Å². The summed E-state index contributed by atoms with van der Waals surface area (Å²) in [5.41, 5.74) is 1.59. The molecule has 1 aliphatic heterocycles. The summed E-state index contributed by atoms with van der Waals surface area (Å²) in [6.45, 7) is 7.96. The van der Waals surface area contributed by atoms with Crippen LogP contribution in [0.2, 0.25) is 0 Å². The number of morpholine rings is 1. The third-order valence-corrected chi connectivity index (χ3v) is 3.23. The normalized spacial score (nSPS) is 14.7. The minimum Gasteiger partial charge on any atom is -0.492 e. The molecule has 1 aromatic carbocycles. The summed E-state index contributed by atoms with van der Waals surface area (Å²) < 4.78 is 16.7. The van der Waals surface area contributed by atoms with Crippen molar-refractivity contribution in [3.8, 4) is 11.5 Å². The van der Waals surface area contributed by atoms with E-state index in [0.717, 1.165) is 24.5 Å². The molecule has 2 rings (SSSR count). The smallest absolute Gasteiger partial charge is 0.211 e. The Labute approximate surface area is 125 Å². The Morgan fingerprint density at radius 2 is 1.86 bits per heavy atom. The van der Waals surface area contributed by atoms with Gasteiger partial charge in [0, 0.05) is 25.2 Å². The second-order valence-corrected chi connectivity index (χ2v) is 4.54. The van der Waals surface area contributed by atoms with Gasteiger partial charge in [-0.3, -0.25) is 4.79 Å². The molecular weight excluding hydrogens is 272 g/mol. The zero-order valence-corrected chi connectivity index (χ0v) is 12.6. The molecule has 0 saturated carbocycles. The molecule has 0 bridgehead atoms. The van der Waals surface area contributed by atoms with Gasteiger partial charge in [0.15, 0.2) is 0 Å². The number of carbonyl (C=O) groups is 1. The SMILES string of the molecule is CCOc1cc(N2CCOCC2)c(OCC)cc1NC=O. The van der Waals surface area contributed by atoms with Crippen molar-refractivity contribution in [1.82, 2.24) is 0 Å². The number of ether oxygens (including phenoxy) is 3. The lowest BCUT2D eigenvalue weighted by atomic mass is 10.2. The molecule has 0 radical (unpaired) electrons. The van der Waals surface area contributed by atoms with Crippen LogP contribution in [0.1, 0.15) is 13.8 Å². The predicted molar refractivity (Wildman–Crippen MR) is 81.5 cm³/mol. The lowest BCUT2D eigenvalue weighted by Gasteiger charge is -2.31. The monoisotopic (exact) mass is 294 g/mol. The van der Waals surface area contributed by atoms with Crippen LogP contribution in [0.3, 0.4) is 0 Å². The largest absolute Gasteiger partial charge is 0.492 e. The second kappa shape index (κ2) is 7.73. The number of amides is 1. The van der Waals surface area contributed by atoms with Gasteiger partial charge in [0.05, 0.1) is 37.8 Å². The highest BCUT2D eigenvalue weighted by Gasteiger charge is 2.19. The molecule has 1 aliphatic rings. The molecule has 0 aromatic heterocycles. The Kier molecular flexibility index (Phi) is 5.68. The molecule has 116 valence electrons. The van der Waals surface area contributed by atoms with Crippen LogP contribution in [-0.2, 0) is 9.53 Å². The Morgan fingerprint density at radius 3 is 2.48 bits per heavy atom. The first-order valence-corrected chi connectivity index (χ1v) is 7.26. The molecule has 6 nitrogen and oxygen atoms in total. The van der Waals surface area contributed by atoms with Crippen molar-refractivity contribution in [2.75, 3.05) is 49.7 Å². The van der Waals surface area contributed by atoms with Crippen molar-refractivity contribution in [1.29, 1.82) is 0 Å². The van der Waals surface area contributed by atoms with Crippen molar-refractivity contribution in [3.05, 3.63) is 12.1 Å². The maximum absolute atomic E-state index is 10.8. The van der Waals surface area contributed by atoms with Gasteiger partial charge < -0.3 is 24.4 Å². The lowest BCUT2D eigenvalue weighted by molar-refractivity contribution is -0.105. The molecule has 1 saturated heterocycles. The Morgan fingerprint density at radius 1 is 1.19 bits per heavy atom. The zero-order valence-electron chi connectivity index (χ0n) is 12.6. The quantitative estimate of drug-likeness (QED) is 0.778. The number of hydrogen-bond acceptors (Lipinski definition) is 5. The van der Waals surface area contributed by atoms with Crippen LogP contribution in [0.5, 0.6) is 11.5 Å². The number of rotatable bonds is 7. The molecule has 0 spiro atoms. The minimum absolute atomic E-state index is 0.532. The molecule has 1 fully saturated rings. The van der Waals surface area contributed by atoms with Crippen LogP contribution < -0.4 is 19.7 Å².